The average Bonchev–Trinajstić information content (AvgIpc) is 2.62. The van der Waals surface area contributed by atoms with Gasteiger partial charge in [0.2, 0.25) is 0 Å². The first-order chi connectivity index (χ1) is 12.4. The lowest BCUT2D eigenvalue weighted by Gasteiger charge is -2.18. The number of hydrogen-bond acceptors (Lipinski definition) is 4. The molecule has 1 aromatic heterocycles. The minimum Gasteiger partial charge on any atom is -0.337 e. The van der Waals surface area contributed by atoms with Crippen LogP contribution in [0.4, 0.5) is 5.69 Å². The number of fused-ring (bicyclic) bond motifs is 1. The van der Waals surface area contributed by atoms with Crippen molar-refractivity contribution in [3.8, 4) is 0 Å². The first-order valence-electron chi connectivity index (χ1n) is 7.67. The monoisotopic (exact) mass is 371 g/mol. The van der Waals surface area contributed by atoms with Gasteiger partial charge in [0.05, 0.1) is 4.92 Å². The molecule has 0 saturated heterocycles. The topological polar surface area (TPSA) is 96.3 Å². The molecule has 1 heterocycles. The van der Waals surface area contributed by atoms with E-state index < -0.39 is 16.4 Å². The molecule has 7 nitrogen and oxygen atoms in total. The van der Waals surface area contributed by atoms with Crippen molar-refractivity contribution in [2.24, 2.45) is 0 Å². The van der Waals surface area contributed by atoms with Crippen LogP contribution in [0.1, 0.15) is 15.9 Å². The Morgan fingerprint density at radius 3 is 2.69 bits per heavy atom. The zero-order valence-corrected chi connectivity index (χ0v) is 14.5. The Morgan fingerprint density at radius 1 is 1.23 bits per heavy atom. The van der Waals surface area contributed by atoms with Crippen LogP contribution in [0.2, 0.25) is 5.02 Å². The smallest absolute Gasteiger partial charge is 0.269 e. The summed E-state index contributed by atoms with van der Waals surface area (Å²) in [5.74, 6) is -0.500. The number of nitro groups is 1. The zero-order chi connectivity index (χ0) is 18.8. The average molecular weight is 372 g/mol. The van der Waals surface area contributed by atoms with Gasteiger partial charge in [-0.1, -0.05) is 29.8 Å². The lowest BCUT2D eigenvalue weighted by molar-refractivity contribution is -0.384. The number of halogens is 1. The van der Waals surface area contributed by atoms with Crippen molar-refractivity contribution in [3.63, 3.8) is 0 Å². The van der Waals surface area contributed by atoms with Gasteiger partial charge in [0.15, 0.2) is 0 Å². The highest BCUT2D eigenvalue weighted by atomic mass is 35.5. The highest BCUT2D eigenvalue weighted by Crippen LogP contribution is 2.23. The van der Waals surface area contributed by atoms with Gasteiger partial charge in [-0.2, -0.15) is 0 Å². The maximum absolute atomic E-state index is 12.7. The number of carbonyl (C=O) groups is 1. The van der Waals surface area contributed by atoms with E-state index in [9.17, 15) is 19.7 Å². The number of hydrogen-bond donors (Lipinski definition) is 1. The molecule has 0 saturated carbocycles. The molecule has 0 aliphatic rings. The van der Waals surface area contributed by atoms with Crippen LogP contribution in [0.15, 0.2) is 53.3 Å². The molecule has 0 spiro atoms. The summed E-state index contributed by atoms with van der Waals surface area (Å²) in [7, 11) is 1.51. The molecule has 0 radical (unpaired) electrons. The van der Waals surface area contributed by atoms with E-state index in [1.54, 1.807) is 18.2 Å². The second kappa shape index (κ2) is 6.97. The Balaban J connectivity index is 1.91. The van der Waals surface area contributed by atoms with Gasteiger partial charge in [-0.15, -0.1) is 0 Å². The van der Waals surface area contributed by atoms with Gasteiger partial charge in [0.1, 0.15) is 5.56 Å². The molecule has 2 aromatic carbocycles. The molecule has 0 fully saturated rings. The van der Waals surface area contributed by atoms with Crippen molar-refractivity contribution in [1.29, 1.82) is 0 Å². The maximum Gasteiger partial charge on any atom is 0.269 e. The molecule has 0 unspecified atom stereocenters. The molecular weight excluding hydrogens is 358 g/mol. The lowest BCUT2D eigenvalue weighted by Crippen LogP contribution is -2.31. The van der Waals surface area contributed by atoms with E-state index in [0.29, 0.717) is 16.1 Å². The molecule has 1 amide bonds. The number of non-ortho nitro benzene ring substituents is 1. The highest BCUT2D eigenvalue weighted by molar-refractivity contribution is 6.31. The number of aromatic amines is 1. The molecule has 0 aliphatic carbocycles. The fraction of sp³-hybridized carbons (Fsp3) is 0.111. The van der Waals surface area contributed by atoms with Crippen LogP contribution in [0.5, 0.6) is 0 Å². The SMILES string of the molecule is CN(Cc1cc([N+](=O)[O-])ccc1Cl)C(=O)c1cc2ccccc2[nH]c1=O. The quantitative estimate of drug-likeness (QED) is 0.561. The Morgan fingerprint density at radius 2 is 1.96 bits per heavy atom. The number of carbonyl (C=O) groups excluding carboxylic acids is 1. The summed E-state index contributed by atoms with van der Waals surface area (Å²) in [5.41, 5.74) is 0.444. The first kappa shape index (κ1) is 17.6. The van der Waals surface area contributed by atoms with Crippen LogP contribution in [0.3, 0.4) is 0 Å². The minimum absolute atomic E-state index is 0.00671. The molecule has 0 bridgehead atoms. The van der Waals surface area contributed by atoms with E-state index >= 15 is 0 Å². The molecule has 3 aromatic rings. The molecule has 8 heteroatoms. The van der Waals surface area contributed by atoms with Crippen molar-refractivity contribution >= 4 is 34.1 Å². The second-order valence-corrected chi connectivity index (χ2v) is 6.20. The maximum atomic E-state index is 12.7. The summed E-state index contributed by atoms with van der Waals surface area (Å²) in [6.07, 6.45) is 0. The van der Waals surface area contributed by atoms with E-state index in [1.165, 1.54) is 36.2 Å². The van der Waals surface area contributed by atoms with Gasteiger partial charge in [-0.05, 0) is 29.1 Å². The number of amides is 1. The van der Waals surface area contributed by atoms with Gasteiger partial charge in [-0.3, -0.25) is 19.7 Å². The number of para-hydroxylation sites is 1. The Hall–Kier alpha value is -3.19. The van der Waals surface area contributed by atoms with Gasteiger partial charge in [-0.25, -0.2) is 0 Å². The van der Waals surface area contributed by atoms with E-state index in [4.69, 9.17) is 11.6 Å². The van der Waals surface area contributed by atoms with Gasteiger partial charge in [0.25, 0.3) is 17.2 Å². The van der Waals surface area contributed by atoms with E-state index in [-0.39, 0.29) is 17.8 Å². The van der Waals surface area contributed by atoms with Crippen LogP contribution in [0.25, 0.3) is 10.9 Å². The predicted molar refractivity (Wildman–Crippen MR) is 98.5 cm³/mol. The molecule has 3 rings (SSSR count). The number of benzene rings is 2. The summed E-state index contributed by atoms with van der Waals surface area (Å²) < 4.78 is 0. The Kier molecular flexibility index (Phi) is 4.73. The Bertz CT molecular complexity index is 1080. The third kappa shape index (κ3) is 3.43. The number of nitro benzene ring substituents is 1. The van der Waals surface area contributed by atoms with Gasteiger partial charge >= 0.3 is 0 Å². The minimum atomic E-state index is -0.532. The van der Waals surface area contributed by atoms with Gasteiger partial charge < -0.3 is 9.88 Å². The van der Waals surface area contributed by atoms with Crippen LogP contribution >= 0.6 is 11.6 Å². The first-order valence-corrected chi connectivity index (χ1v) is 8.05. The number of H-pyrrole nitrogens is 1. The molecule has 0 aliphatic heterocycles. The van der Waals surface area contributed by atoms with Crippen molar-refractivity contribution in [2.75, 3.05) is 7.05 Å². The van der Waals surface area contributed by atoms with Crippen LogP contribution in [0, 0.1) is 10.1 Å². The van der Waals surface area contributed by atoms with Crippen molar-refractivity contribution in [1.82, 2.24) is 9.88 Å². The molecule has 0 atom stereocenters. The normalized spacial score (nSPS) is 10.7. The predicted octanol–water partition coefficient (Wildman–Crippen LogP) is 3.36. The standard InChI is InChI=1S/C18H14ClN3O4/c1-21(10-12-8-13(22(25)26)6-7-15(12)19)18(24)14-9-11-4-2-3-5-16(11)20-17(14)23/h2-9H,10H2,1H3,(H,20,23). The summed E-state index contributed by atoms with van der Waals surface area (Å²) in [6.45, 7) is 0.0333. The number of nitrogens with one attached hydrogen (secondary N) is 1. The van der Waals surface area contributed by atoms with Crippen molar-refractivity contribution in [2.45, 2.75) is 6.54 Å². The summed E-state index contributed by atoms with van der Waals surface area (Å²) in [4.78, 5) is 39.2. The number of rotatable bonds is 4. The second-order valence-electron chi connectivity index (χ2n) is 5.79. The lowest BCUT2D eigenvalue weighted by atomic mass is 10.1. The van der Waals surface area contributed by atoms with Crippen LogP contribution in [-0.4, -0.2) is 27.8 Å². The van der Waals surface area contributed by atoms with Crippen LogP contribution in [-0.2, 0) is 6.54 Å². The van der Waals surface area contributed by atoms with E-state index in [1.807, 2.05) is 6.07 Å². The Labute approximate surface area is 153 Å². The number of nitrogens with zero attached hydrogens (tertiary/aromatic N) is 2. The fourth-order valence-corrected chi connectivity index (χ4v) is 2.81. The third-order valence-corrected chi connectivity index (χ3v) is 4.35. The van der Waals surface area contributed by atoms with Gasteiger partial charge in [0, 0.05) is 36.3 Å². The largest absolute Gasteiger partial charge is 0.337 e. The van der Waals surface area contributed by atoms with E-state index in [2.05, 4.69) is 4.98 Å². The summed E-state index contributed by atoms with van der Waals surface area (Å²) in [6, 6.07) is 12.7. The zero-order valence-electron chi connectivity index (χ0n) is 13.7. The molecule has 132 valence electrons. The third-order valence-electron chi connectivity index (χ3n) is 3.98. The molecule has 1 N–H and O–H groups in total. The van der Waals surface area contributed by atoms with Crippen molar-refractivity contribution in [3.05, 3.63) is 85.1 Å². The highest BCUT2D eigenvalue weighted by Gasteiger charge is 2.19. The fourth-order valence-electron chi connectivity index (χ4n) is 2.64. The molecule has 26 heavy (non-hydrogen) atoms. The van der Waals surface area contributed by atoms with Crippen LogP contribution < -0.4 is 5.56 Å². The van der Waals surface area contributed by atoms with Crippen molar-refractivity contribution < 1.29 is 9.72 Å². The summed E-state index contributed by atoms with van der Waals surface area (Å²) in [5, 5.41) is 12.0. The number of pyridine rings is 1. The molecular formula is C18H14ClN3O4. The summed E-state index contributed by atoms with van der Waals surface area (Å²) >= 11 is 6.08. The number of aromatic nitrogens is 1. The van der Waals surface area contributed by atoms with E-state index in [0.717, 1.165) is 5.39 Å².